The molecule has 0 spiro atoms. The van der Waals surface area contributed by atoms with Gasteiger partial charge in [-0.05, 0) is 24.8 Å². The minimum Gasteiger partial charge on any atom is -0.370 e. The summed E-state index contributed by atoms with van der Waals surface area (Å²) in [6, 6.07) is 0. The summed E-state index contributed by atoms with van der Waals surface area (Å²) in [5.74, 6) is 1.19. The van der Waals surface area contributed by atoms with E-state index in [9.17, 15) is 9.59 Å². The third-order valence-corrected chi connectivity index (χ3v) is 3.93. The van der Waals surface area contributed by atoms with Gasteiger partial charge in [-0.25, -0.2) is 0 Å². The first-order valence-corrected chi connectivity index (χ1v) is 5.61. The predicted octanol–water partition coefficient (Wildman–Crippen LogP) is 1.13. The molecular weight excluding hydrogens is 192 g/mol. The Kier molecular flexibility index (Phi) is 2.02. The number of carbonyl (C=O) groups is 2. The lowest BCUT2D eigenvalue weighted by molar-refractivity contribution is -0.145. The maximum absolute atomic E-state index is 11.5. The van der Waals surface area contributed by atoms with Gasteiger partial charge in [0.25, 0.3) is 0 Å². The van der Waals surface area contributed by atoms with Crippen LogP contribution in [0.3, 0.4) is 0 Å². The molecule has 0 N–H and O–H groups in total. The second-order valence-corrected chi connectivity index (χ2v) is 4.80. The molecule has 0 aromatic carbocycles. The molecule has 3 aliphatic rings. The first kappa shape index (κ1) is 9.28. The highest BCUT2D eigenvalue weighted by molar-refractivity contribution is 5.94. The van der Waals surface area contributed by atoms with Gasteiger partial charge in [-0.15, -0.1) is 0 Å². The second-order valence-electron chi connectivity index (χ2n) is 4.80. The maximum atomic E-state index is 11.5. The van der Waals surface area contributed by atoms with E-state index < -0.39 is 0 Å². The van der Waals surface area contributed by atoms with Gasteiger partial charge in [0.05, 0.1) is 6.10 Å². The average Bonchev–Trinajstić information content (AvgIpc) is 2.60. The van der Waals surface area contributed by atoms with Crippen molar-refractivity contribution in [2.75, 3.05) is 6.61 Å². The van der Waals surface area contributed by atoms with Crippen LogP contribution in [-0.4, -0.2) is 24.3 Å². The van der Waals surface area contributed by atoms with Crippen molar-refractivity contribution >= 4 is 11.6 Å². The normalized spacial score (nSPS) is 44.0. The quantitative estimate of drug-likeness (QED) is 0.596. The zero-order chi connectivity index (χ0) is 10.4. The van der Waals surface area contributed by atoms with Crippen LogP contribution in [0.5, 0.6) is 0 Å². The summed E-state index contributed by atoms with van der Waals surface area (Å²) in [4.78, 5) is 22.8. The minimum absolute atomic E-state index is 0.115. The third-order valence-electron chi connectivity index (χ3n) is 3.93. The monoisotopic (exact) mass is 206 g/mol. The molecule has 0 amide bonds. The Morgan fingerprint density at radius 2 is 2.13 bits per heavy atom. The molecule has 0 aromatic heterocycles. The molecule has 2 aliphatic carbocycles. The van der Waals surface area contributed by atoms with Crippen LogP contribution < -0.4 is 0 Å². The number of ether oxygens (including phenoxy) is 1. The molecule has 1 aliphatic heterocycles. The van der Waals surface area contributed by atoms with Gasteiger partial charge >= 0.3 is 0 Å². The number of Topliss-reactive ketones (excluding diaryl/α,β-unsaturated/α-hetero) is 1. The molecule has 0 bridgehead atoms. The van der Waals surface area contributed by atoms with Gasteiger partial charge < -0.3 is 4.74 Å². The average molecular weight is 206 g/mol. The Hall–Kier alpha value is -0.960. The smallest absolute Gasteiger partial charge is 0.159 e. The van der Waals surface area contributed by atoms with Gasteiger partial charge in [-0.2, -0.15) is 0 Å². The standard InChI is InChI=1S/C12H14O3/c13-8-5-7-1-2-9-10(3-4-11(9)14)12(7)15-6-8/h3-4,7,9-10,12H,1-2,5-6H2. The zero-order valence-electron chi connectivity index (χ0n) is 8.52. The largest absolute Gasteiger partial charge is 0.370 e. The fraction of sp³-hybridized carbons (Fsp3) is 0.667. The van der Waals surface area contributed by atoms with Crippen LogP contribution in [-0.2, 0) is 14.3 Å². The molecule has 4 atom stereocenters. The highest BCUT2D eigenvalue weighted by Gasteiger charge is 2.46. The molecule has 4 unspecified atom stereocenters. The summed E-state index contributed by atoms with van der Waals surface area (Å²) >= 11 is 0. The highest BCUT2D eigenvalue weighted by Crippen LogP contribution is 2.43. The van der Waals surface area contributed by atoms with Gasteiger partial charge in [-0.1, -0.05) is 6.08 Å². The first-order chi connectivity index (χ1) is 7.25. The van der Waals surface area contributed by atoms with Gasteiger partial charge in [0.1, 0.15) is 6.61 Å². The van der Waals surface area contributed by atoms with E-state index in [0.717, 1.165) is 12.8 Å². The molecule has 2 fully saturated rings. The number of hydrogen-bond donors (Lipinski definition) is 0. The van der Waals surface area contributed by atoms with Crippen LogP contribution in [0.4, 0.5) is 0 Å². The summed E-state index contributed by atoms with van der Waals surface area (Å²) < 4.78 is 5.60. The van der Waals surface area contributed by atoms with Crippen LogP contribution in [0.25, 0.3) is 0 Å². The Labute approximate surface area is 88.5 Å². The molecule has 3 nitrogen and oxygen atoms in total. The van der Waals surface area contributed by atoms with Gasteiger partial charge in [0.15, 0.2) is 11.6 Å². The van der Waals surface area contributed by atoms with Crippen LogP contribution in [0.2, 0.25) is 0 Å². The number of allylic oxidation sites excluding steroid dienone is 1. The van der Waals surface area contributed by atoms with Gasteiger partial charge in [0.2, 0.25) is 0 Å². The van der Waals surface area contributed by atoms with Gasteiger partial charge in [0, 0.05) is 18.3 Å². The number of ketones is 2. The molecule has 1 saturated heterocycles. The van der Waals surface area contributed by atoms with E-state index in [-0.39, 0.29) is 36.1 Å². The van der Waals surface area contributed by atoms with Crippen LogP contribution >= 0.6 is 0 Å². The molecule has 3 heteroatoms. The maximum Gasteiger partial charge on any atom is 0.159 e. The number of fused-ring (bicyclic) bond motifs is 3. The molecular formula is C12H14O3. The fourth-order valence-corrected chi connectivity index (χ4v) is 3.20. The summed E-state index contributed by atoms with van der Waals surface area (Å²) in [5, 5.41) is 0. The van der Waals surface area contributed by atoms with Crippen molar-refractivity contribution in [2.45, 2.75) is 25.4 Å². The van der Waals surface area contributed by atoms with Crippen molar-refractivity contribution < 1.29 is 14.3 Å². The molecule has 0 radical (unpaired) electrons. The summed E-state index contributed by atoms with van der Waals surface area (Å²) in [5.41, 5.74) is 0. The summed E-state index contributed by atoms with van der Waals surface area (Å²) in [6.45, 7) is 0.242. The first-order valence-electron chi connectivity index (χ1n) is 5.61. The SMILES string of the molecule is O=C1COC2C(CCC3C(=O)C=CC32)C1. The predicted molar refractivity (Wildman–Crippen MR) is 53.2 cm³/mol. The second kappa shape index (κ2) is 3.27. The number of hydrogen-bond acceptors (Lipinski definition) is 3. The molecule has 80 valence electrons. The third kappa shape index (κ3) is 1.37. The highest BCUT2D eigenvalue weighted by atomic mass is 16.5. The molecule has 0 aromatic rings. The summed E-state index contributed by atoms with van der Waals surface area (Å²) in [7, 11) is 0. The zero-order valence-corrected chi connectivity index (χ0v) is 8.52. The fourth-order valence-electron chi connectivity index (χ4n) is 3.20. The van der Waals surface area contributed by atoms with E-state index in [1.807, 2.05) is 6.08 Å². The lowest BCUT2D eigenvalue weighted by atomic mass is 9.70. The van der Waals surface area contributed by atoms with Crippen molar-refractivity contribution in [1.29, 1.82) is 0 Å². The van der Waals surface area contributed by atoms with Crippen molar-refractivity contribution in [2.24, 2.45) is 17.8 Å². The van der Waals surface area contributed by atoms with E-state index in [2.05, 4.69) is 0 Å². The molecule has 1 saturated carbocycles. The topological polar surface area (TPSA) is 43.4 Å². The molecule has 15 heavy (non-hydrogen) atoms. The Morgan fingerprint density at radius 1 is 1.27 bits per heavy atom. The van der Waals surface area contributed by atoms with Crippen LogP contribution in [0, 0.1) is 17.8 Å². The van der Waals surface area contributed by atoms with E-state index >= 15 is 0 Å². The van der Waals surface area contributed by atoms with E-state index in [0.29, 0.717) is 12.3 Å². The van der Waals surface area contributed by atoms with Crippen molar-refractivity contribution in [3.63, 3.8) is 0 Å². The lowest BCUT2D eigenvalue weighted by Gasteiger charge is -2.41. The van der Waals surface area contributed by atoms with Crippen LogP contribution in [0.15, 0.2) is 12.2 Å². The van der Waals surface area contributed by atoms with Crippen LogP contribution in [0.1, 0.15) is 19.3 Å². The Balaban J connectivity index is 1.83. The van der Waals surface area contributed by atoms with E-state index in [1.165, 1.54) is 0 Å². The van der Waals surface area contributed by atoms with Crippen molar-refractivity contribution in [3.05, 3.63) is 12.2 Å². The molecule has 3 rings (SSSR count). The number of carbonyl (C=O) groups excluding carboxylic acids is 2. The molecule has 1 heterocycles. The minimum atomic E-state index is 0.115. The Bertz CT molecular complexity index is 345. The lowest BCUT2D eigenvalue weighted by Crippen LogP contribution is -2.45. The van der Waals surface area contributed by atoms with Crippen molar-refractivity contribution in [1.82, 2.24) is 0 Å². The van der Waals surface area contributed by atoms with E-state index in [4.69, 9.17) is 4.74 Å². The number of rotatable bonds is 0. The summed E-state index contributed by atoms with van der Waals surface area (Å²) in [6.07, 6.45) is 6.33. The van der Waals surface area contributed by atoms with E-state index in [1.54, 1.807) is 6.08 Å². The van der Waals surface area contributed by atoms with Gasteiger partial charge in [-0.3, -0.25) is 9.59 Å². The Morgan fingerprint density at radius 3 is 3.00 bits per heavy atom. The van der Waals surface area contributed by atoms with Crippen molar-refractivity contribution in [3.8, 4) is 0 Å².